The van der Waals surface area contributed by atoms with E-state index in [-0.39, 0.29) is 5.91 Å². The van der Waals surface area contributed by atoms with Crippen LogP contribution in [0.15, 0.2) is 34.9 Å². The minimum absolute atomic E-state index is 0.0360. The van der Waals surface area contributed by atoms with Crippen molar-refractivity contribution in [3.05, 3.63) is 47.3 Å². The maximum Gasteiger partial charge on any atom is 0.276 e. The molecule has 2 heterocycles. The Balaban J connectivity index is 1.54. The van der Waals surface area contributed by atoms with Gasteiger partial charge in [-0.3, -0.25) is 4.79 Å². The van der Waals surface area contributed by atoms with E-state index in [2.05, 4.69) is 19.0 Å². The summed E-state index contributed by atoms with van der Waals surface area (Å²) < 4.78 is 11.1. The zero-order chi connectivity index (χ0) is 17.6. The summed E-state index contributed by atoms with van der Waals surface area (Å²) in [6.07, 6.45) is 3.86. The number of piperidine rings is 1. The van der Waals surface area contributed by atoms with Gasteiger partial charge in [-0.25, -0.2) is 0 Å². The Morgan fingerprint density at radius 3 is 2.92 bits per heavy atom. The number of rotatable bonds is 6. The average Bonchev–Trinajstić information content (AvgIpc) is 3.10. The van der Waals surface area contributed by atoms with E-state index < -0.39 is 0 Å². The van der Waals surface area contributed by atoms with Crippen LogP contribution in [0.5, 0.6) is 5.75 Å². The van der Waals surface area contributed by atoms with Gasteiger partial charge in [0.15, 0.2) is 5.69 Å². The highest BCUT2D eigenvalue weighted by atomic mass is 16.5. The molecule has 0 bridgehead atoms. The lowest BCUT2D eigenvalue weighted by atomic mass is 9.98. The fraction of sp³-hybridized carbons (Fsp3) is 0.500. The van der Waals surface area contributed by atoms with Crippen LogP contribution in [0.25, 0.3) is 0 Å². The summed E-state index contributed by atoms with van der Waals surface area (Å²) in [5.74, 6) is 1.98. The van der Waals surface area contributed by atoms with Crippen LogP contribution in [0, 0.1) is 12.8 Å². The normalized spacial score (nSPS) is 17.5. The first-order valence-corrected chi connectivity index (χ1v) is 9.10. The quantitative estimate of drug-likeness (QED) is 0.800. The van der Waals surface area contributed by atoms with Gasteiger partial charge in [-0.05, 0) is 38.3 Å². The Morgan fingerprint density at radius 1 is 1.36 bits per heavy atom. The summed E-state index contributed by atoms with van der Waals surface area (Å²) >= 11 is 0. The summed E-state index contributed by atoms with van der Waals surface area (Å²) in [6.45, 7) is 6.25. The van der Waals surface area contributed by atoms with Crippen molar-refractivity contribution < 1.29 is 14.1 Å². The molecular formula is C20H26N2O3. The lowest BCUT2D eigenvalue weighted by Crippen LogP contribution is -2.41. The fourth-order valence-corrected chi connectivity index (χ4v) is 3.17. The maximum atomic E-state index is 12.6. The highest BCUT2D eigenvalue weighted by Crippen LogP contribution is 2.21. The first-order valence-electron chi connectivity index (χ1n) is 9.10. The Morgan fingerprint density at radius 2 is 2.16 bits per heavy atom. The molecule has 1 fully saturated rings. The monoisotopic (exact) mass is 342 g/mol. The second kappa shape index (κ2) is 8.19. The van der Waals surface area contributed by atoms with Crippen molar-refractivity contribution in [1.29, 1.82) is 0 Å². The highest BCUT2D eigenvalue weighted by molar-refractivity contribution is 5.92. The largest absolute Gasteiger partial charge is 0.493 e. The third-order valence-electron chi connectivity index (χ3n) is 4.59. The molecule has 1 atom stereocenters. The number of aromatic nitrogens is 1. The van der Waals surface area contributed by atoms with Crippen molar-refractivity contribution in [2.24, 2.45) is 5.92 Å². The van der Waals surface area contributed by atoms with Gasteiger partial charge < -0.3 is 14.2 Å². The molecular weight excluding hydrogens is 316 g/mol. The highest BCUT2D eigenvalue weighted by Gasteiger charge is 2.26. The van der Waals surface area contributed by atoms with Crippen molar-refractivity contribution >= 4 is 5.91 Å². The number of aryl methyl sites for hydroxylation is 2. The van der Waals surface area contributed by atoms with Crippen LogP contribution in [-0.2, 0) is 6.42 Å². The Bertz CT molecular complexity index is 693. The zero-order valence-corrected chi connectivity index (χ0v) is 15.0. The summed E-state index contributed by atoms with van der Waals surface area (Å²) in [5.41, 5.74) is 1.64. The smallest absolute Gasteiger partial charge is 0.276 e. The molecule has 0 aliphatic carbocycles. The molecule has 1 aromatic carbocycles. The molecule has 3 rings (SSSR count). The van der Waals surface area contributed by atoms with Crippen molar-refractivity contribution in [2.75, 3.05) is 19.7 Å². The van der Waals surface area contributed by atoms with E-state index in [0.29, 0.717) is 24.8 Å². The number of benzene rings is 1. The fourth-order valence-electron chi connectivity index (χ4n) is 3.17. The van der Waals surface area contributed by atoms with Crippen LogP contribution in [-0.4, -0.2) is 35.7 Å². The minimum Gasteiger partial charge on any atom is -0.493 e. The van der Waals surface area contributed by atoms with Crippen LogP contribution in [0.3, 0.4) is 0 Å². The second-order valence-corrected chi connectivity index (χ2v) is 6.81. The summed E-state index contributed by atoms with van der Waals surface area (Å²) in [4.78, 5) is 14.5. The van der Waals surface area contributed by atoms with Crippen molar-refractivity contribution in [3.63, 3.8) is 0 Å². The van der Waals surface area contributed by atoms with Crippen LogP contribution >= 0.6 is 0 Å². The van der Waals surface area contributed by atoms with Crippen molar-refractivity contribution in [1.82, 2.24) is 10.1 Å². The summed E-state index contributed by atoms with van der Waals surface area (Å²) in [5, 5.41) is 3.94. The molecule has 0 unspecified atom stereocenters. The summed E-state index contributed by atoms with van der Waals surface area (Å²) in [7, 11) is 0. The molecule has 25 heavy (non-hydrogen) atoms. The lowest BCUT2D eigenvalue weighted by Gasteiger charge is -2.32. The van der Waals surface area contributed by atoms with Gasteiger partial charge in [-0.2, -0.15) is 0 Å². The maximum absolute atomic E-state index is 12.6. The van der Waals surface area contributed by atoms with Gasteiger partial charge >= 0.3 is 0 Å². The average molecular weight is 342 g/mol. The number of hydrogen-bond acceptors (Lipinski definition) is 4. The van der Waals surface area contributed by atoms with Crippen molar-refractivity contribution in [2.45, 2.75) is 39.5 Å². The molecule has 1 aliphatic rings. The molecule has 134 valence electrons. The molecule has 1 aromatic heterocycles. The Hall–Kier alpha value is -2.30. The molecule has 1 aliphatic heterocycles. The number of hydrogen-bond donors (Lipinski definition) is 0. The molecule has 1 amide bonds. The van der Waals surface area contributed by atoms with E-state index in [9.17, 15) is 4.79 Å². The topological polar surface area (TPSA) is 55.6 Å². The van der Waals surface area contributed by atoms with Gasteiger partial charge in [-0.1, -0.05) is 29.8 Å². The molecule has 0 N–H and O–H groups in total. The number of carbonyl (C=O) groups excluding carboxylic acids is 1. The van der Waals surface area contributed by atoms with Gasteiger partial charge in [-0.15, -0.1) is 0 Å². The molecule has 1 saturated heterocycles. The van der Waals surface area contributed by atoms with E-state index in [1.54, 1.807) is 6.07 Å². The van der Waals surface area contributed by atoms with E-state index in [1.165, 1.54) is 5.56 Å². The lowest BCUT2D eigenvalue weighted by molar-refractivity contribution is 0.0623. The molecule has 0 saturated carbocycles. The van der Waals surface area contributed by atoms with Gasteiger partial charge in [0.25, 0.3) is 5.91 Å². The van der Waals surface area contributed by atoms with Crippen LogP contribution in [0.2, 0.25) is 0 Å². The number of carbonyl (C=O) groups is 1. The van der Waals surface area contributed by atoms with Gasteiger partial charge in [0.1, 0.15) is 11.5 Å². The van der Waals surface area contributed by atoms with Gasteiger partial charge in [0.2, 0.25) is 0 Å². The third kappa shape index (κ3) is 4.62. The van der Waals surface area contributed by atoms with Crippen molar-refractivity contribution in [3.8, 4) is 5.75 Å². The predicted molar refractivity (Wildman–Crippen MR) is 95.8 cm³/mol. The summed E-state index contributed by atoms with van der Waals surface area (Å²) in [6, 6.07) is 9.85. The van der Waals surface area contributed by atoms with E-state index in [4.69, 9.17) is 9.26 Å². The van der Waals surface area contributed by atoms with Crippen LogP contribution in [0.4, 0.5) is 0 Å². The van der Waals surface area contributed by atoms with Gasteiger partial charge in [0.05, 0.1) is 6.61 Å². The molecule has 2 aromatic rings. The Kier molecular flexibility index (Phi) is 5.74. The SMILES string of the molecule is CCCc1cc(C(=O)N2CCC[C@H](COc3ccc(C)cc3)C2)no1. The standard InChI is InChI=1S/C20H26N2O3/c1-3-5-18-12-19(21-25-18)20(23)22-11-4-6-16(13-22)14-24-17-9-7-15(2)8-10-17/h7-10,12,16H,3-6,11,13-14H2,1-2H3/t16-/m0/s1. The number of nitrogens with zero attached hydrogens (tertiary/aromatic N) is 2. The minimum atomic E-state index is -0.0360. The number of likely N-dealkylation sites (tertiary alicyclic amines) is 1. The Labute approximate surface area is 148 Å². The van der Waals surface area contributed by atoms with Crippen LogP contribution in [0.1, 0.15) is 48.0 Å². The second-order valence-electron chi connectivity index (χ2n) is 6.81. The molecule has 5 heteroatoms. The molecule has 0 radical (unpaired) electrons. The van der Waals surface area contributed by atoms with E-state index >= 15 is 0 Å². The van der Waals surface area contributed by atoms with Crippen LogP contribution < -0.4 is 4.74 Å². The number of amides is 1. The molecule has 5 nitrogen and oxygen atoms in total. The predicted octanol–water partition coefficient (Wildman–Crippen LogP) is 3.87. The first kappa shape index (κ1) is 17.5. The zero-order valence-electron chi connectivity index (χ0n) is 15.0. The first-order chi connectivity index (χ1) is 12.2. The van der Waals surface area contributed by atoms with Gasteiger partial charge in [0, 0.05) is 31.5 Å². The number of ether oxygens (including phenoxy) is 1. The van der Waals surface area contributed by atoms with E-state index in [1.807, 2.05) is 29.2 Å². The van der Waals surface area contributed by atoms with E-state index in [0.717, 1.165) is 43.7 Å². The molecule has 0 spiro atoms. The third-order valence-corrected chi connectivity index (χ3v) is 4.59.